The highest BCUT2D eigenvalue weighted by molar-refractivity contribution is 6.46. The van der Waals surface area contributed by atoms with Crippen molar-refractivity contribution in [2.24, 2.45) is 0 Å². The third-order valence-corrected chi connectivity index (χ3v) is 5.00. The van der Waals surface area contributed by atoms with E-state index < -0.39 is 17.7 Å². The van der Waals surface area contributed by atoms with Crippen LogP contribution in [-0.2, 0) is 14.3 Å². The lowest BCUT2D eigenvalue weighted by atomic mass is 9.97. The molecule has 1 aliphatic heterocycles. The molecule has 8 nitrogen and oxygen atoms in total. The van der Waals surface area contributed by atoms with Crippen LogP contribution in [-0.4, -0.2) is 56.3 Å². The first kappa shape index (κ1) is 18.8. The zero-order valence-electron chi connectivity index (χ0n) is 16.1. The Morgan fingerprint density at radius 3 is 2.79 bits per heavy atom. The number of carbonyl (C=O) groups excluding carboxylic acids is 2. The van der Waals surface area contributed by atoms with E-state index in [1.54, 1.807) is 54.2 Å². The molecule has 0 spiro atoms. The highest BCUT2D eigenvalue weighted by Gasteiger charge is 2.46. The van der Waals surface area contributed by atoms with E-state index in [9.17, 15) is 14.7 Å². The number of ether oxygens (including phenoxy) is 1. The predicted molar refractivity (Wildman–Crippen MR) is 105 cm³/mol. The van der Waals surface area contributed by atoms with Crippen LogP contribution in [0.5, 0.6) is 0 Å². The van der Waals surface area contributed by atoms with Crippen LogP contribution in [0, 0.1) is 6.92 Å². The van der Waals surface area contributed by atoms with Crippen LogP contribution in [0.15, 0.2) is 54.5 Å². The van der Waals surface area contributed by atoms with Gasteiger partial charge in [0.15, 0.2) is 5.76 Å². The summed E-state index contributed by atoms with van der Waals surface area (Å²) in [6.07, 6.45) is 4.95. The van der Waals surface area contributed by atoms with Crippen molar-refractivity contribution in [2.75, 3.05) is 20.3 Å². The first-order valence-corrected chi connectivity index (χ1v) is 9.16. The summed E-state index contributed by atoms with van der Waals surface area (Å²) >= 11 is 0. The van der Waals surface area contributed by atoms with Crippen molar-refractivity contribution < 1.29 is 19.4 Å². The number of hydrogen-bond acceptors (Lipinski definition) is 6. The molecule has 1 saturated heterocycles. The molecule has 1 amide bonds. The molecule has 1 fully saturated rings. The lowest BCUT2D eigenvalue weighted by Crippen LogP contribution is -2.32. The number of aliphatic hydroxyl groups is 1. The molecule has 1 unspecified atom stereocenters. The number of imidazole rings is 1. The number of Topliss-reactive ketones (excluding diaryl/α,β-unsaturated/α-hetero) is 1. The summed E-state index contributed by atoms with van der Waals surface area (Å²) in [5, 5.41) is 11.2. The maximum absolute atomic E-state index is 12.9. The van der Waals surface area contributed by atoms with Gasteiger partial charge < -0.3 is 14.7 Å². The Hall–Kier alpha value is -3.52. The maximum atomic E-state index is 12.9. The van der Waals surface area contributed by atoms with Gasteiger partial charge in [-0.2, -0.15) is 0 Å². The second kappa shape index (κ2) is 7.48. The molecule has 1 aliphatic rings. The minimum Gasteiger partial charge on any atom is -0.505 e. The molecule has 0 saturated carbocycles. The molecule has 0 aliphatic carbocycles. The Labute approximate surface area is 167 Å². The van der Waals surface area contributed by atoms with E-state index in [1.807, 2.05) is 6.07 Å². The fourth-order valence-electron chi connectivity index (χ4n) is 3.71. The van der Waals surface area contributed by atoms with Crippen LogP contribution in [0.2, 0.25) is 0 Å². The molecule has 3 aromatic rings. The van der Waals surface area contributed by atoms with E-state index in [1.165, 1.54) is 12.0 Å². The monoisotopic (exact) mass is 392 g/mol. The average Bonchev–Trinajstić information content (AvgIpc) is 3.20. The van der Waals surface area contributed by atoms with E-state index in [-0.39, 0.29) is 24.5 Å². The highest BCUT2D eigenvalue weighted by atomic mass is 16.5. The molecule has 148 valence electrons. The largest absolute Gasteiger partial charge is 0.505 e. The molecule has 4 rings (SSSR count). The lowest BCUT2D eigenvalue weighted by molar-refractivity contribution is -0.140. The Morgan fingerprint density at radius 2 is 2.07 bits per heavy atom. The number of ketones is 1. The number of carbonyl (C=O) groups is 2. The molecule has 1 N–H and O–H groups in total. The van der Waals surface area contributed by atoms with Crippen LogP contribution >= 0.6 is 0 Å². The van der Waals surface area contributed by atoms with Crippen LogP contribution in [0.25, 0.3) is 11.4 Å². The Kier molecular flexibility index (Phi) is 4.85. The van der Waals surface area contributed by atoms with Crippen molar-refractivity contribution in [1.29, 1.82) is 0 Å². The number of aryl methyl sites for hydroxylation is 1. The standard InChI is InChI=1S/C21H20N4O4/c1-13-17(24-9-4-3-7-15(24)23-13)19(26)16-18(14-6-5-8-22-12-14)25(10-11-29-2)21(28)20(16)27/h3-9,12,18,26H,10-11H2,1-2H3/b19-16+. The fraction of sp³-hybridized carbons (Fsp3) is 0.238. The number of likely N-dealkylation sites (tertiary alicyclic amines) is 1. The SMILES string of the molecule is COCCN1C(=O)C(=O)/C(=C(/O)c2c(C)nc3ccccn23)C1c1cccnc1. The van der Waals surface area contributed by atoms with E-state index in [0.29, 0.717) is 22.6 Å². The maximum Gasteiger partial charge on any atom is 0.295 e. The summed E-state index contributed by atoms with van der Waals surface area (Å²) in [5.41, 5.74) is 2.24. The van der Waals surface area contributed by atoms with Crippen molar-refractivity contribution in [2.45, 2.75) is 13.0 Å². The summed E-state index contributed by atoms with van der Waals surface area (Å²) in [5.74, 6) is -1.67. The van der Waals surface area contributed by atoms with E-state index in [0.717, 1.165) is 0 Å². The third kappa shape index (κ3) is 3.07. The fourth-order valence-corrected chi connectivity index (χ4v) is 3.71. The summed E-state index contributed by atoms with van der Waals surface area (Å²) in [6, 6.07) is 8.20. The molecule has 0 radical (unpaired) electrons. The Morgan fingerprint density at radius 1 is 1.24 bits per heavy atom. The zero-order valence-corrected chi connectivity index (χ0v) is 16.1. The van der Waals surface area contributed by atoms with Gasteiger partial charge in [0.2, 0.25) is 0 Å². The molecule has 29 heavy (non-hydrogen) atoms. The van der Waals surface area contributed by atoms with Gasteiger partial charge in [0.25, 0.3) is 11.7 Å². The molecule has 0 bridgehead atoms. The summed E-state index contributed by atoms with van der Waals surface area (Å²) in [7, 11) is 1.53. The Balaban J connectivity index is 1.94. The molecule has 1 atom stereocenters. The number of aliphatic hydroxyl groups excluding tert-OH is 1. The zero-order chi connectivity index (χ0) is 20.5. The summed E-state index contributed by atoms with van der Waals surface area (Å²) in [4.78, 5) is 35.7. The van der Waals surface area contributed by atoms with Crippen molar-refractivity contribution in [1.82, 2.24) is 19.3 Å². The normalized spacial score (nSPS) is 18.7. The number of nitrogens with zero attached hydrogens (tertiary/aromatic N) is 4. The summed E-state index contributed by atoms with van der Waals surface area (Å²) in [6.45, 7) is 2.23. The first-order chi connectivity index (χ1) is 14.0. The Bertz CT molecular complexity index is 1120. The van der Waals surface area contributed by atoms with Crippen molar-refractivity contribution in [3.05, 3.63) is 71.4 Å². The first-order valence-electron chi connectivity index (χ1n) is 9.16. The van der Waals surface area contributed by atoms with Crippen LogP contribution in [0.1, 0.15) is 23.0 Å². The van der Waals surface area contributed by atoms with Gasteiger partial charge in [-0.15, -0.1) is 0 Å². The predicted octanol–water partition coefficient (Wildman–Crippen LogP) is 2.11. The highest BCUT2D eigenvalue weighted by Crippen LogP contribution is 2.39. The molecule has 3 aromatic heterocycles. The topological polar surface area (TPSA) is 97.0 Å². The second-order valence-electron chi connectivity index (χ2n) is 6.75. The molecule has 8 heteroatoms. The van der Waals surface area contributed by atoms with Gasteiger partial charge in [0.1, 0.15) is 11.3 Å². The van der Waals surface area contributed by atoms with Gasteiger partial charge in [-0.05, 0) is 30.7 Å². The van der Waals surface area contributed by atoms with E-state index >= 15 is 0 Å². The second-order valence-corrected chi connectivity index (χ2v) is 6.75. The number of rotatable bonds is 5. The molecule has 4 heterocycles. The van der Waals surface area contributed by atoms with Gasteiger partial charge in [-0.3, -0.25) is 19.0 Å². The lowest BCUT2D eigenvalue weighted by Gasteiger charge is -2.24. The van der Waals surface area contributed by atoms with Gasteiger partial charge in [0.05, 0.1) is 23.9 Å². The molecular formula is C21H20N4O4. The van der Waals surface area contributed by atoms with Crippen molar-refractivity contribution >= 4 is 23.1 Å². The number of fused-ring (bicyclic) bond motifs is 1. The van der Waals surface area contributed by atoms with E-state index in [4.69, 9.17) is 4.74 Å². The van der Waals surface area contributed by atoms with E-state index in [2.05, 4.69) is 9.97 Å². The summed E-state index contributed by atoms with van der Waals surface area (Å²) < 4.78 is 6.80. The molecule has 0 aromatic carbocycles. The minimum absolute atomic E-state index is 0.0212. The molecular weight excluding hydrogens is 372 g/mol. The number of amides is 1. The van der Waals surface area contributed by atoms with Gasteiger partial charge >= 0.3 is 0 Å². The van der Waals surface area contributed by atoms with Gasteiger partial charge in [0, 0.05) is 32.2 Å². The van der Waals surface area contributed by atoms with Crippen LogP contribution in [0.4, 0.5) is 0 Å². The number of hydrogen-bond donors (Lipinski definition) is 1. The van der Waals surface area contributed by atoms with Gasteiger partial charge in [-0.25, -0.2) is 4.98 Å². The number of pyridine rings is 2. The number of aromatic nitrogens is 3. The van der Waals surface area contributed by atoms with Crippen molar-refractivity contribution in [3.8, 4) is 0 Å². The smallest absolute Gasteiger partial charge is 0.295 e. The van der Waals surface area contributed by atoms with Gasteiger partial charge in [-0.1, -0.05) is 12.1 Å². The number of methoxy groups -OCH3 is 1. The quantitative estimate of drug-likeness (QED) is 0.406. The van der Waals surface area contributed by atoms with Crippen LogP contribution < -0.4 is 0 Å². The van der Waals surface area contributed by atoms with Crippen LogP contribution in [0.3, 0.4) is 0 Å². The minimum atomic E-state index is -0.757. The van der Waals surface area contributed by atoms with Crippen molar-refractivity contribution in [3.63, 3.8) is 0 Å². The average molecular weight is 392 g/mol. The third-order valence-electron chi connectivity index (χ3n) is 5.00.